The Labute approximate surface area is 205 Å². The first-order valence-electron chi connectivity index (χ1n) is 11.6. The second kappa shape index (κ2) is 13.2. The number of rotatable bonds is 11. The molecule has 0 radical (unpaired) electrons. The minimum Gasteiger partial charge on any atom is -0.346 e. The van der Waals surface area contributed by atoms with Gasteiger partial charge in [0.2, 0.25) is 23.6 Å². The third-order valence-electron chi connectivity index (χ3n) is 5.72. The van der Waals surface area contributed by atoms with Crippen molar-refractivity contribution in [1.29, 1.82) is 0 Å². The number of hydrogen-bond donors (Lipinski definition) is 3. The lowest BCUT2D eigenvalue weighted by Gasteiger charge is -2.25. The Hall–Kier alpha value is -3.81. The number of nitrogens with one attached hydrogen (secondary N) is 3. The number of amides is 4. The van der Waals surface area contributed by atoms with Crippen LogP contribution in [0.5, 0.6) is 0 Å². The van der Waals surface area contributed by atoms with Crippen molar-refractivity contribution >= 4 is 29.4 Å². The number of benzene rings is 1. The minimum absolute atomic E-state index is 0.111. The van der Waals surface area contributed by atoms with E-state index in [9.17, 15) is 24.0 Å². The van der Waals surface area contributed by atoms with Crippen LogP contribution in [0.1, 0.15) is 45.7 Å². The molecule has 0 aliphatic carbocycles. The van der Waals surface area contributed by atoms with E-state index < -0.39 is 47.4 Å². The van der Waals surface area contributed by atoms with Crippen LogP contribution in [-0.2, 0) is 24.0 Å². The van der Waals surface area contributed by atoms with Gasteiger partial charge in [-0.25, -0.2) is 0 Å². The van der Waals surface area contributed by atoms with E-state index in [4.69, 9.17) is 0 Å². The molecule has 1 heterocycles. The van der Waals surface area contributed by atoms with Crippen LogP contribution in [0, 0.1) is 17.8 Å². The fourth-order valence-corrected chi connectivity index (χ4v) is 3.78. The van der Waals surface area contributed by atoms with Gasteiger partial charge >= 0.3 is 0 Å². The smallest absolute Gasteiger partial charge is 0.244 e. The Morgan fingerprint density at radius 1 is 0.971 bits per heavy atom. The van der Waals surface area contributed by atoms with Gasteiger partial charge in [0.15, 0.2) is 5.78 Å². The van der Waals surface area contributed by atoms with E-state index in [1.54, 1.807) is 56.3 Å². The summed E-state index contributed by atoms with van der Waals surface area (Å²) in [4.78, 5) is 62.5. The van der Waals surface area contributed by atoms with Gasteiger partial charge in [0.1, 0.15) is 5.92 Å². The molecule has 0 spiro atoms. The lowest BCUT2D eigenvalue weighted by molar-refractivity contribution is -0.137. The van der Waals surface area contributed by atoms with Crippen molar-refractivity contribution in [3.63, 3.8) is 0 Å². The topological polar surface area (TPSA) is 121 Å². The van der Waals surface area contributed by atoms with Crippen molar-refractivity contribution in [2.75, 3.05) is 0 Å². The predicted molar refractivity (Wildman–Crippen MR) is 133 cm³/mol. The molecule has 8 nitrogen and oxygen atoms in total. The van der Waals surface area contributed by atoms with Gasteiger partial charge in [0.25, 0.3) is 0 Å². The van der Waals surface area contributed by atoms with Gasteiger partial charge < -0.3 is 10.6 Å². The van der Waals surface area contributed by atoms with Gasteiger partial charge in [-0.15, -0.1) is 0 Å². The molecule has 4 amide bonds. The van der Waals surface area contributed by atoms with Crippen LogP contribution >= 0.6 is 0 Å². The Balaban J connectivity index is 2.14. The highest BCUT2D eigenvalue weighted by Crippen LogP contribution is 2.24. The first-order chi connectivity index (χ1) is 16.6. The summed E-state index contributed by atoms with van der Waals surface area (Å²) < 4.78 is 0. The molecule has 2 rings (SSSR count). The molecule has 0 saturated carbocycles. The van der Waals surface area contributed by atoms with Gasteiger partial charge in [-0.3, -0.25) is 29.3 Å². The third-order valence-corrected chi connectivity index (χ3v) is 5.72. The standard InChI is InChI=1S/C27H33N3O5/c1-5-6-7-8-12-15-21(31)28-20(19-13-10-9-11-14-19)16-22(32)29-24(17(2)3)25(33)23-18(4)26(34)30-27(23)35/h5-15,17-18,20,23-24H,16H2,1-4H3,(H,28,31)(H,29,32)(H,30,34,35)/b6-5+,8-7+,15-12+/t18-,20-,23+,24-/m0/s1/i18+1,26+1,30+1. The summed E-state index contributed by atoms with van der Waals surface area (Å²) in [5, 5.41) is 7.72. The molecule has 3 N–H and O–H groups in total. The van der Waals surface area contributed by atoms with Crippen LogP contribution in [0.3, 0.4) is 0 Å². The average Bonchev–Trinajstić information content (AvgIpc) is 3.07. The van der Waals surface area contributed by atoms with Gasteiger partial charge in [-0.05, 0) is 18.4 Å². The molecule has 1 fully saturated rings. The summed E-state index contributed by atoms with van der Waals surface area (Å²) in [5.41, 5.74) is 0.732. The molecule has 0 bridgehead atoms. The van der Waals surface area contributed by atoms with Crippen LogP contribution in [-0.4, -0.2) is 35.5 Å². The van der Waals surface area contributed by atoms with Crippen LogP contribution < -0.4 is 16.0 Å². The maximum Gasteiger partial charge on any atom is 0.244 e. The maximum absolute atomic E-state index is 13.1. The van der Waals surface area contributed by atoms with Gasteiger partial charge in [-0.2, -0.15) is 0 Å². The molecule has 35 heavy (non-hydrogen) atoms. The van der Waals surface area contributed by atoms with E-state index in [2.05, 4.69) is 16.0 Å². The molecule has 1 aromatic carbocycles. The van der Waals surface area contributed by atoms with Crippen molar-refractivity contribution in [1.82, 2.24) is 16.0 Å². The summed E-state index contributed by atoms with van der Waals surface area (Å²) in [6.07, 6.45) is 10.0. The number of allylic oxidation sites excluding steroid dienone is 5. The SMILES string of the molecule is C/C=C/C=C/C=C/C(=O)N[C@@H](CC(=O)N[C@H](C(=O)[C@@H]1C(=O)[15NH][13C](=O)[13C@H]1C)C(C)C)c1ccccc1. The first kappa shape index (κ1) is 27.4. The van der Waals surface area contributed by atoms with E-state index in [0.717, 1.165) is 5.56 Å². The molecule has 186 valence electrons. The van der Waals surface area contributed by atoms with Crippen molar-refractivity contribution < 1.29 is 24.0 Å². The summed E-state index contributed by atoms with van der Waals surface area (Å²) in [6.45, 7) is 6.91. The second-order valence-electron chi connectivity index (χ2n) is 8.76. The maximum atomic E-state index is 13.1. The predicted octanol–water partition coefficient (Wildman–Crippen LogP) is 2.54. The van der Waals surface area contributed by atoms with E-state index in [-0.39, 0.29) is 18.2 Å². The van der Waals surface area contributed by atoms with Crippen LogP contribution in [0.25, 0.3) is 0 Å². The molecular formula is C27H33N3O5. The minimum atomic E-state index is -1.14. The van der Waals surface area contributed by atoms with Crippen molar-refractivity contribution in [3.05, 3.63) is 72.4 Å². The second-order valence-corrected chi connectivity index (χ2v) is 8.76. The number of ketones is 1. The molecule has 1 aliphatic rings. The summed E-state index contributed by atoms with van der Waals surface area (Å²) in [5.74, 6) is -4.71. The Morgan fingerprint density at radius 2 is 1.63 bits per heavy atom. The van der Waals surface area contributed by atoms with Crippen molar-refractivity contribution in [2.24, 2.45) is 17.8 Å². The average molecular weight is 483 g/mol. The highest BCUT2D eigenvalue weighted by Gasteiger charge is 2.46. The molecule has 0 aromatic heterocycles. The molecule has 1 saturated heterocycles. The zero-order valence-corrected chi connectivity index (χ0v) is 20.5. The quantitative estimate of drug-likeness (QED) is 0.112. The molecule has 1 aromatic rings. The first-order valence-corrected chi connectivity index (χ1v) is 11.6. The van der Waals surface area contributed by atoms with Crippen LogP contribution in [0.2, 0.25) is 0 Å². The molecule has 1 aliphatic heterocycles. The van der Waals surface area contributed by atoms with Gasteiger partial charge in [0, 0.05) is 6.08 Å². The largest absolute Gasteiger partial charge is 0.346 e. The Bertz CT molecular complexity index is 1030. The van der Waals surface area contributed by atoms with Gasteiger partial charge in [-0.1, -0.05) is 81.5 Å². The number of Topliss-reactive ketones (excluding diaryl/α,β-unsaturated/α-hetero) is 1. The van der Waals surface area contributed by atoms with Crippen LogP contribution in [0.4, 0.5) is 0 Å². The summed E-state index contributed by atoms with van der Waals surface area (Å²) >= 11 is 0. The molecule has 0 unspecified atom stereocenters. The number of carbonyl (C=O) groups is 5. The fraction of sp³-hybridized carbons (Fsp3) is 0.370. The lowest BCUT2D eigenvalue weighted by atomic mass is 9.92. The van der Waals surface area contributed by atoms with E-state index in [0.29, 0.717) is 0 Å². The summed E-state index contributed by atoms with van der Waals surface area (Å²) in [6, 6.07) is 7.46. The highest BCUT2D eigenvalue weighted by molar-refractivity contribution is 6.16. The molecule has 4 atom stereocenters. The number of carbonyl (C=O) groups excluding carboxylic acids is 5. The van der Waals surface area contributed by atoms with E-state index in [1.807, 2.05) is 25.1 Å². The normalized spacial score (nSPS) is 19.9. The van der Waals surface area contributed by atoms with Crippen LogP contribution in [0.15, 0.2) is 66.8 Å². The monoisotopic (exact) mass is 482 g/mol. The zero-order valence-electron chi connectivity index (χ0n) is 20.5. The number of imide groups is 1. The fourth-order valence-electron chi connectivity index (χ4n) is 3.78. The third kappa shape index (κ3) is 7.88. The Kier molecular flexibility index (Phi) is 10.3. The van der Waals surface area contributed by atoms with Crippen molar-refractivity contribution in [3.8, 4) is 0 Å². The van der Waals surface area contributed by atoms with Crippen molar-refractivity contribution in [2.45, 2.75) is 46.2 Å². The zero-order chi connectivity index (χ0) is 26.0. The number of hydrogen-bond acceptors (Lipinski definition) is 5. The highest BCUT2D eigenvalue weighted by atomic mass is 16.3. The molecule has 8 heteroatoms. The van der Waals surface area contributed by atoms with E-state index in [1.165, 1.54) is 13.0 Å². The van der Waals surface area contributed by atoms with E-state index >= 15 is 0 Å². The molecular weight excluding hydrogens is 449 g/mol. The Morgan fingerprint density at radius 3 is 2.20 bits per heavy atom. The summed E-state index contributed by atoms with van der Waals surface area (Å²) in [7, 11) is 0. The lowest BCUT2D eigenvalue weighted by Crippen LogP contribution is -2.49. The van der Waals surface area contributed by atoms with Gasteiger partial charge in [0.05, 0.1) is 24.4 Å².